The van der Waals surface area contributed by atoms with Gasteiger partial charge in [-0.05, 0) is 24.3 Å². The van der Waals surface area contributed by atoms with Crippen LogP contribution in [0.3, 0.4) is 0 Å². The number of nitrogens with one attached hydrogen (secondary N) is 2. The molecule has 1 aliphatic rings. The highest BCUT2D eigenvalue weighted by Crippen LogP contribution is 2.25. The maximum Gasteiger partial charge on any atom is 0.191 e. The van der Waals surface area contributed by atoms with Crippen LogP contribution in [-0.2, 0) is 4.74 Å². The molecule has 1 aliphatic heterocycles. The summed E-state index contributed by atoms with van der Waals surface area (Å²) in [6, 6.07) is 4.63. The first-order chi connectivity index (χ1) is 11.7. The van der Waals surface area contributed by atoms with Crippen molar-refractivity contribution < 1.29 is 9.84 Å². The van der Waals surface area contributed by atoms with Gasteiger partial charge < -0.3 is 20.5 Å². The Morgan fingerprint density at radius 3 is 2.83 bits per heavy atom. The highest BCUT2D eigenvalue weighted by Gasteiger charge is 2.23. The van der Waals surface area contributed by atoms with Crippen LogP contribution in [0.1, 0.15) is 24.8 Å². The number of hydrogen-bond donors (Lipinski definition) is 3. The smallest absolute Gasteiger partial charge is 0.191 e. The SMILES string of the molecule is CCNC(=NCC(C)CO)NCC(c1cccs1)N1CCOCC1. The number of aliphatic hydroxyl groups excluding tert-OH is 1. The standard InChI is InChI=1S/C17H30N4O2S/c1-3-18-17(19-11-14(2)13-22)20-12-15(16-5-4-10-24-16)21-6-8-23-9-7-21/h4-5,10,14-15,22H,3,6-9,11-13H2,1-2H3,(H2,18,19,20). The van der Waals surface area contributed by atoms with Gasteiger partial charge in [0.15, 0.2) is 5.96 Å². The van der Waals surface area contributed by atoms with Crippen molar-refractivity contribution in [2.24, 2.45) is 10.9 Å². The molecule has 0 aliphatic carbocycles. The summed E-state index contributed by atoms with van der Waals surface area (Å²) in [5, 5.41) is 18.0. The lowest BCUT2D eigenvalue weighted by Gasteiger charge is -2.34. The van der Waals surface area contributed by atoms with E-state index in [0.717, 1.165) is 45.4 Å². The Bertz CT molecular complexity index is 475. The first-order valence-corrected chi connectivity index (χ1v) is 9.60. The second-order valence-electron chi connectivity index (χ2n) is 6.07. The lowest BCUT2D eigenvalue weighted by atomic mass is 10.2. The molecule has 0 spiro atoms. The molecular weight excluding hydrogens is 324 g/mol. The van der Waals surface area contributed by atoms with Crippen molar-refractivity contribution in [2.75, 3.05) is 52.5 Å². The molecule has 1 aromatic heterocycles. The molecule has 136 valence electrons. The predicted molar refractivity (Wildman–Crippen MR) is 99.7 cm³/mol. The van der Waals surface area contributed by atoms with E-state index in [0.29, 0.717) is 12.6 Å². The van der Waals surface area contributed by atoms with Crippen molar-refractivity contribution >= 4 is 17.3 Å². The molecule has 2 atom stereocenters. The van der Waals surface area contributed by atoms with E-state index in [1.54, 1.807) is 11.3 Å². The second kappa shape index (κ2) is 10.7. The van der Waals surface area contributed by atoms with Crippen LogP contribution in [-0.4, -0.2) is 68.5 Å². The minimum atomic E-state index is 0.161. The summed E-state index contributed by atoms with van der Waals surface area (Å²) in [6.45, 7) is 9.97. The molecule has 1 fully saturated rings. The third-order valence-corrected chi connectivity index (χ3v) is 5.01. The van der Waals surface area contributed by atoms with Gasteiger partial charge in [0.2, 0.25) is 0 Å². The van der Waals surface area contributed by atoms with Gasteiger partial charge in [-0.1, -0.05) is 13.0 Å². The van der Waals surface area contributed by atoms with Crippen molar-refractivity contribution in [3.63, 3.8) is 0 Å². The van der Waals surface area contributed by atoms with Gasteiger partial charge in [-0.15, -0.1) is 11.3 Å². The van der Waals surface area contributed by atoms with E-state index < -0.39 is 0 Å². The van der Waals surface area contributed by atoms with Crippen LogP contribution >= 0.6 is 11.3 Å². The maximum absolute atomic E-state index is 9.16. The van der Waals surface area contributed by atoms with Crippen LogP contribution in [0.25, 0.3) is 0 Å². The fourth-order valence-corrected chi connectivity index (χ4v) is 3.48. The van der Waals surface area contributed by atoms with Crippen molar-refractivity contribution in [1.29, 1.82) is 0 Å². The maximum atomic E-state index is 9.16. The Labute approximate surface area is 148 Å². The van der Waals surface area contributed by atoms with E-state index in [1.807, 2.05) is 6.92 Å². The number of guanidine groups is 1. The highest BCUT2D eigenvalue weighted by atomic mass is 32.1. The number of hydrogen-bond acceptors (Lipinski definition) is 5. The van der Waals surface area contributed by atoms with E-state index in [-0.39, 0.29) is 12.5 Å². The molecule has 2 heterocycles. The molecule has 7 heteroatoms. The zero-order chi connectivity index (χ0) is 17.2. The number of morpholine rings is 1. The van der Waals surface area contributed by atoms with Crippen LogP contribution in [0, 0.1) is 5.92 Å². The summed E-state index contributed by atoms with van der Waals surface area (Å²) in [7, 11) is 0. The zero-order valence-corrected chi connectivity index (χ0v) is 15.5. The molecule has 0 saturated carbocycles. The van der Waals surface area contributed by atoms with E-state index in [1.165, 1.54) is 4.88 Å². The van der Waals surface area contributed by atoms with Gasteiger partial charge in [0, 0.05) is 44.2 Å². The van der Waals surface area contributed by atoms with Crippen LogP contribution in [0.2, 0.25) is 0 Å². The zero-order valence-electron chi connectivity index (χ0n) is 14.7. The fourth-order valence-electron chi connectivity index (χ4n) is 2.62. The summed E-state index contributed by atoms with van der Waals surface area (Å²) < 4.78 is 5.49. The molecule has 2 unspecified atom stereocenters. The Kier molecular flexibility index (Phi) is 8.52. The molecule has 3 N–H and O–H groups in total. The number of ether oxygens (including phenoxy) is 1. The summed E-state index contributed by atoms with van der Waals surface area (Å²) in [5.74, 6) is 0.986. The van der Waals surface area contributed by atoms with Gasteiger partial charge >= 0.3 is 0 Å². The molecular formula is C17H30N4O2S. The summed E-state index contributed by atoms with van der Waals surface area (Å²) in [6.07, 6.45) is 0. The first-order valence-electron chi connectivity index (χ1n) is 8.72. The largest absolute Gasteiger partial charge is 0.396 e. The molecule has 1 aromatic rings. The summed E-state index contributed by atoms with van der Waals surface area (Å²) >= 11 is 1.80. The lowest BCUT2D eigenvalue weighted by molar-refractivity contribution is 0.0177. The quantitative estimate of drug-likeness (QED) is 0.485. The lowest BCUT2D eigenvalue weighted by Crippen LogP contribution is -2.46. The minimum Gasteiger partial charge on any atom is -0.396 e. The van der Waals surface area contributed by atoms with E-state index in [9.17, 15) is 0 Å². The Morgan fingerprint density at radius 1 is 1.42 bits per heavy atom. The van der Waals surface area contributed by atoms with Gasteiger partial charge in [0.1, 0.15) is 0 Å². The highest BCUT2D eigenvalue weighted by molar-refractivity contribution is 7.10. The molecule has 0 radical (unpaired) electrons. The Morgan fingerprint density at radius 2 is 2.21 bits per heavy atom. The number of rotatable bonds is 8. The third kappa shape index (κ3) is 6.05. The molecule has 0 amide bonds. The Hall–Kier alpha value is -1.15. The average Bonchev–Trinajstić information content (AvgIpc) is 3.14. The minimum absolute atomic E-state index is 0.161. The summed E-state index contributed by atoms with van der Waals surface area (Å²) in [5.41, 5.74) is 0. The van der Waals surface area contributed by atoms with Crippen LogP contribution in [0.15, 0.2) is 22.5 Å². The molecule has 0 bridgehead atoms. The topological polar surface area (TPSA) is 69.1 Å². The van der Waals surface area contributed by atoms with Gasteiger partial charge in [-0.3, -0.25) is 9.89 Å². The number of nitrogens with zero attached hydrogens (tertiary/aromatic N) is 2. The van der Waals surface area contributed by atoms with E-state index in [4.69, 9.17) is 9.84 Å². The molecule has 2 rings (SSSR count). The van der Waals surface area contributed by atoms with E-state index >= 15 is 0 Å². The predicted octanol–water partition coefficient (Wildman–Crippen LogP) is 1.30. The van der Waals surface area contributed by atoms with Crippen LogP contribution in [0.5, 0.6) is 0 Å². The Balaban J connectivity index is 1.99. The number of aliphatic imine (C=N–C) groups is 1. The van der Waals surface area contributed by atoms with Gasteiger partial charge in [-0.25, -0.2) is 0 Å². The third-order valence-electron chi connectivity index (χ3n) is 4.04. The van der Waals surface area contributed by atoms with Gasteiger partial charge in [-0.2, -0.15) is 0 Å². The molecule has 24 heavy (non-hydrogen) atoms. The van der Waals surface area contributed by atoms with Gasteiger partial charge in [0.05, 0.1) is 19.3 Å². The van der Waals surface area contributed by atoms with Crippen molar-refractivity contribution in [2.45, 2.75) is 19.9 Å². The van der Waals surface area contributed by atoms with Crippen molar-refractivity contribution in [1.82, 2.24) is 15.5 Å². The number of thiophene rings is 1. The van der Waals surface area contributed by atoms with Crippen LogP contribution in [0.4, 0.5) is 0 Å². The average molecular weight is 355 g/mol. The molecule has 6 nitrogen and oxygen atoms in total. The van der Waals surface area contributed by atoms with Gasteiger partial charge in [0.25, 0.3) is 0 Å². The monoisotopic (exact) mass is 354 g/mol. The number of aliphatic hydroxyl groups is 1. The summed E-state index contributed by atoms with van der Waals surface area (Å²) in [4.78, 5) is 8.42. The van der Waals surface area contributed by atoms with Crippen molar-refractivity contribution in [3.05, 3.63) is 22.4 Å². The van der Waals surface area contributed by atoms with Crippen molar-refractivity contribution in [3.8, 4) is 0 Å². The van der Waals surface area contributed by atoms with E-state index in [2.05, 4.69) is 45.0 Å². The first kappa shape index (κ1) is 19.2. The molecule has 0 aromatic carbocycles. The fraction of sp³-hybridized carbons (Fsp3) is 0.706. The van der Waals surface area contributed by atoms with Crippen LogP contribution < -0.4 is 10.6 Å². The molecule has 1 saturated heterocycles. The normalized spacial score (nSPS) is 19.0. The second-order valence-corrected chi connectivity index (χ2v) is 7.05.